The maximum Gasteiger partial charge on any atom is 0.373 e. The summed E-state index contributed by atoms with van der Waals surface area (Å²) in [4.78, 5) is 20.4. The Morgan fingerprint density at radius 2 is 1.73 bits per heavy atom. The van der Waals surface area contributed by atoms with Crippen molar-refractivity contribution in [2.24, 2.45) is 5.41 Å². The summed E-state index contributed by atoms with van der Waals surface area (Å²) < 4.78 is 0. The molecule has 0 fully saturated rings. The third kappa shape index (κ3) is 3.01. The molecule has 1 atom stereocenters. The van der Waals surface area contributed by atoms with E-state index in [1.807, 2.05) is 0 Å². The van der Waals surface area contributed by atoms with E-state index in [1.54, 1.807) is 20.8 Å². The molecule has 1 unspecified atom stereocenters. The predicted molar refractivity (Wildman–Crippen MR) is 44.8 cm³/mol. The molecule has 0 spiro atoms. The van der Waals surface area contributed by atoms with Gasteiger partial charge >= 0.3 is 5.97 Å². The van der Waals surface area contributed by atoms with E-state index in [9.17, 15) is 9.59 Å². The molecular formula is C7H11BrO3. The quantitative estimate of drug-likeness (QED) is 0.569. The average molecular weight is 223 g/mol. The number of carbonyl (C=O) groups is 2. The Hall–Kier alpha value is -0.380. The largest absolute Gasteiger partial charge is 0.475 e. The summed E-state index contributed by atoms with van der Waals surface area (Å²) in [6.07, 6.45) is 0. The predicted octanol–water partition coefficient (Wildman–Crippen LogP) is 1.45. The molecule has 3 nitrogen and oxygen atoms in total. The van der Waals surface area contributed by atoms with Crippen LogP contribution >= 0.6 is 15.9 Å². The standard InChI is InChI=1S/C7H11BrO3/c1-7(2,3)5(8)4(9)6(10)11/h5H,1-3H3,(H,10,11). The summed E-state index contributed by atoms with van der Waals surface area (Å²) in [5.41, 5.74) is -0.352. The number of aliphatic carboxylic acids is 1. The molecule has 4 heteroatoms. The molecule has 0 bridgehead atoms. The number of ketones is 1. The highest BCUT2D eigenvalue weighted by Crippen LogP contribution is 2.26. The summed E-state index contributed by atoms with van der Waals surface area (Å²) in [6, 6.07) is 0. The number of carbonyl (C=O) groups excluding carboxylic acids is 1. The van der Waals surface area contributed by atoms with E-state index in [-0.39, 0.29) is 5.41 Å². The summed E-state index contributed by atoms with van der Waals surface area (Å²) in [5, 5.41) is 8.34. The molecule has 0 radical (unpaired) electrons. The van der Waals surface area contributed by atoms with Crippen LogP contribution in [0.5, 0.6) is 0 Å². The molecule has 0 aromatic heterocycles. The van der Waals surface area contributed by atoms with Crippen molar-refractivity contribution in [1.29, 1.82) is 0 Å². The molecule has 0 aromatic rings. The Morgan fingerprint density at radius 3 is 1.82 bits per heavy atom. The fourth-order valence-corrected chi connectivity index (χ4v) is 0.698. The molecule has 0 amide bonds. The van der Waals surface area contributed by atoms with E-state index < -0.39 is 16.6 Å². The number of carboxylic acids is 1. The van der Waals surface area contributed by atoms with E-state index in [1.165, 1.54) is 0 Å². The van der Waals surface area contributed by atoms with Crippen molar-refractivity contribution >= 4 is 27.7 Å². The third-order valence-electron chi connectivity index (χ3n) is 1.20. The highest BCUT2D eigenvalue weighted by molar-refractivity contribution is 9.10. The van der Waals surface area contributed by atoms with E-state index in [2.05, 4.69) is 15.9 Å². The normalized spacial score (nSPS) is 14.2. The molecule has 0 aliphatic rings. The molecule has 0 saturated heterocycles. The van der Waals surface area contributed by atoms with Gasteiger partial charge in [-0.05, 0) is 5.41 Å². The monoisotopic (exact) mass is 222 g/mol. The summed E-state index contributed by atoms with van der Waals surface area (Å²) in [7, 11) is 0. The van der Waals surface area contributed by atoms with Crippen molar-refractivity contribution in [1.82, 2.24) is 0 Å². The van der Waals surface area contributed by atoms with Crippen LogP contribution in [-0.2, 0) is 9.59 Å². The van der Waals surface area contributed by atoms with Crippen LogP contribution in [0, 0.1) is 5.41 Å². The first kappa shape index (κ1) is 10.6. The SMILES string of the molecule is CC(C)(C)C(Br)C(=O)C(=O)O. The number of carboxylic acid groups (broad SMARTS) is 1. The van der Waals surface area contributed by atoms with Gasteiger partial charge in [0.25, 0.3) is 5.78 Å². The van der Waals surface area contributed by atoms with Crippen molar-refractivity contribution in [2.75, 3.05) is 0 Å². The maximum atomic E-state index is 10.8. The van der Waals surface area contributed by atoms with E-state index >= 15 is 0 Å². The van der Waals surface area contributed by atoms with Gasteiger partial charge < -0.3 is 5.11 Å². The molecule has 64 valence electrons. The van der Waals surface area contributed by atoms with Gasteiger partial charge in [-0.15, -0.1) is 0 Å². The zero-order valence-electron chi connectivity index (χ0n) is 6.72. The van der Waals surface area contributed by atoms with Crippen LogP contribution in [0.2, 0.25) is 0 Å². The third-order valence-corrected chi connectivity index (χ3v) is 2.99. The Bertz CT molecular complexity index is 181. The zero-order valence-corrected chi connectivity index (χ0v) is 8.31. The molecule has 1 N–H and O–H groups in total. The molecule has 0 saturated carbocycles. The van der Waals surface area contributed by atoms with E-state index in [4.69, 9.17) is 5.11 Å². The van der Waals surface area contributed by atoms with Crippen LogP contribution in [-0.4, -0.2) is 21.7 Å². The minimum absolute atomic E-state index is 0.352. The van der Waals surface area contributed by atoms with Gasteiger partial charge in [0.1, 0.15) is 0 Å². The Morgan fingerprint density at radius 1 is 1.36 bits per heavy atom. The molecule has 0 aromatic carbocycles. The smallest absolute Gasteiger partial charge is 0.373 e. The van der Waals surface area contributed by atoms with Gasteiger partial charge in [-0.1, -0.05) is 36.7 Å². The van der Waals surface area contributed by atoms with Crippen molar-refractivity contribution in [3.05, 3.63) is 0 Å². The van der Waals surface area contributed by atoms with Gasteiger partial charge in [0.15, 0.2) is 0 Å². The Kier molecular flexibility index (Phi) is 3.23. The topological polar surface area (TPSA) is 54.4 Å². The molecule has 0 aliphatic heterocycles. The van der Waals surface area contributed by atoms with Crippen LogP contribution in [0.3, 0.4) is 0 Å². The maximum absolute atomic E-state index is 10.8. The minimum atomic E-state index is -1.39. The fraction of sp³-hybridized carbons (Fsp3) is 0.714. The van der Waals surface area contributed by atoms with Crippen LogP contribution in [0.25, 0.3) is 0 Å². The van der Waals surface area contributed by atoms with Crippen molar-refractivity contribution in [3.63, 3.8) is 0 Å². The molecule has 11 heavy (non-hydrogen) atoms. The number of hydrogen-bond donors (Lipinski definition) is 1. The number of alkyl halides is 1. The molecule has 0 rings (SSSR count). The lowest BCUT2D eigenvalue weighted by molar-refractivity contribution is -0.149. The lowest BCUT2D eigenvalue weighted by Crippen LogP contribution is -2.33. The van der Waals surface area contributed by atoms with Gasteiger partial charge in [0.2, 0.25) is 0 Å². The van der Waals surface area contributed by atoms with E-state index in [0.29, 0.717) is 0 Å². The van der Waals surface area contributed by atoms with Crippen molar-refractivity contribution in [3.8, 4) is 0 Å². The second-order valence-electron chi connectivity index (χ2n) is 3.40. The van der Waals surface area contributed by atoms with Gasteiger partial charge in [0.05, 0.1) is 4.83 Å². The van der Waals surface area contributed by atoms with Crippen LogP contribution in [0.15, 0.2) is 0 Å². The summed E-state index contributed by atoms with van der Waals surface area (Å²) in [5.74, 6) is -2.18. The van der Waals surface area contributed by atoms with Crippen molar-refractivity contribution < 1.29 is 14.7 Å². The minimum Gasteiger partial charge on any atom is -0.475 e. The number of hydrogen-bond acceptors (Lipinski definition) is 2. The second kappa shape index (κ2) is 3.34. The van der Waals surface area contributed by atoms with Crippen LogP contribution < -0.4 is 0 Å². The van der Waals surface area contributed by atoms with Crippen molar-refractivity contribution in [2.45, 2.75) is 25.6 Å². The first-order valence-electron chi connectivity index (χ1n) is 3.18. The lowest BCUT2D eigenvalue weighted by atomic mass is 9.90. The summed E-state index contributed by atoms with van der Waals surface area (Å²) in [6.45, 7) is 5.40. The van der Waals surface area contributed by atoms with E-state index in [0.717, 1.165) is 0 Å². The highest BCUT2D eigenvalue weighted by Gasteiger charge is 2.32. The van der Waals surface area contributed by atoms with Crippen LogP contribution in [0.4, 0.5) is 0 Å². The summed E-state index contributed by atoms with van der Waals surface area (Å²) >= 11 is 3.03. The number of rotatable bonds is 2. The molecular weight excluding hydrogens is 212 g/mol. The van der Waals surface area contributed by atoms with Crippen LogP contribution in [0.1, 0.15) is 20.8 Å². The molecule has 0 heterocycles. The Labute approximate surface area is 73.9 Å². The first-order chi connectivity index (χ1) is 4.76. The number of halogens is 1. The average Bonchev–Trinajstić information content (AvgIpc) is 1.82. The number of Topliss-reactive ketones (excluding diaryl/α,β-unsaturated/α-hetero) is 1. The second-order valence-corrected chi connectivity index (χ2v) is 4.31. The molecule has 0 aliphatic carbocycles. The van der Waals surface area contributed by atoms with Gasteiger partial charge in [-0.25, -0.2) is 4.79 Å². The lowest BCUT2D eigenvalue weighted by Gasteiger charge is -2.22. The zero-order chi connectivity index (χ0) is 9.23. The van der Waals surface area contributed by atoms with Gasteiger partial charge in [-0.3, -0.25) is 4.79 Å². The van der Waals surface area contributed by atoms with Gasteiger partial charge in [-0.2, -0.15) is 0 Å². The highest BCUT2D eigenvalue weighted by atomic mass is 79.9. The van der Waals surface area contributed by atoms with Gasteiger partial charge in [0, 0.05) is 0 Å². The fourth-order valence-electron chi connectivity index (χ4n) is 0.502. The first-order valence-corrected chi connectivity index (χ1v) is 4.09. The Balaban J connectivity index is 4.38.